The first-order valence-corrected chi connectivity index (χ1v) is 8.31. The van der Waals surface area contributed by atoms with Crippen LogP contribution >= 0.6 is 0 Å². The van der Waals surface area contributed by atoms with E-state index in [0.717, 1.165) is 19.0 Å². The SMILES string of the molecule is C[C@@H](CNC[C@H](C)c1ccccc1)CN1CCN(C)CC1. The quantitative estimate of drug-likeness (QED) is 0.831. The zero-order valence-electron chi connectivity index (χ0n) is 13.9. The van der Waals surface area contributed by atoms with Crippen LogP contribution in [0.1, 0.15) is 25.3 Å². The van der Waals surface area contributed by atoms with Gasteiger partial charge in [0, 0.05) is 39.3 Å². The van der Waals surface area contributed by atoms with E-state index in [0.29, 0.717) is 5.92 Å². The van der Waals surface area contributed by atoms with Crippen LogP contribution in [0.25, 0.3) is 0 Å². The molecule has 1 N–H and O–H groups in total. The average Bonchev–Trinajstić information content (AvgIpc) is 2.50. The number of likely N-dealkylation sites (N-methyl/N-ethyl adjacent to an activating group) is 1. The van der Waals surface area contributed by atoms with Crippen LogP contribution in [-0.4, -0.2) is 62.7 Å². The van der Waals surface area contributed by atoms with E-state index in [2.05, 4.69) is 66.3 Å². The van der Waals surface area contributed by atoms with Crippen molar-refractivity contribution in [1.82, 2.24) is 15.1 Å². The van der Waals surface area contributed by atoms with Crippen LogP contribution in [0.2, 0.25) is 0 Å². The van der Waals surface area contributed by atoms with E-state index in [1.165, 1.54) is 38.3 Å². The lowest BCUT2D eigenvalue weighted by atomic mass is 10.0. The van der Waals surface area contributed by atoms with Gasteiger partial charge in [0.05, 0.1) is 0 Å². The minimum absolute atomic E-state index is 0.585. The topological polar surface area (TPSA) is 18.5 Å². The van der Waals surface area contributed by atoms with E-state index in [9.17, 15) is 0 Å². The van der Waals surface area contributed by atoms with Gasteiger partial charge in [0.2, 0.25) is 0 Å². The van der Waals surface area contributed by atoms with Crippen LogP contribution in [-0.2, 0) is 0 Å². The third-order valence-corrected chi connectivity index (χ3v) is 4.48. The standard InChI is InChI=1S/C18H31N3/c1-16(15-21-11-9-20(3)10-12-21)13-19-14-17(2)18-7-5-4-6-8-18/h4-8,16-17,19H,9-15H2,1-3H3/t16-,17-/m0/s1. The Balaban J connectivity index is 1.62. The molecule has 0 aliphatic carbocycles. The lowest BCUT2D eigenvalue weighted by Gasteiger charge is -2.34. The van der Waals surface area contributed by atoms with E-state index in [-0.39, 0.29) is 0 Å². The summed E-state index contributed by atoms with van der Waals surface area (Å²) in [6, 6.07) is 10.8. The fourth-order valence-electron chi connectivity index (χ4n) is 2.98. The summed E-state index contributed by atoms with van der Waals surface area (Å²) in [6.45, 7) is 12.9. The molecule has 0 amide bonds. The average molecular weight is 289 g/mol. The zero-order valence-corrected chi connectivity index (χ0v) is 13.9. The highest BCUT2D eigenvalue weighted by Gasteiger charge is 2.16. The van der Waals surface area contributed by atoms with Crippen molar-refractivity contribution in [2.75, 3.05) is 52.9 Å². The van der Waals surface area contributed by atoms with Gasteiger partial charge < -0.3 is 15.1 Å². The number of rotatable bonds is 7. The highest BCUT2D eigenvalue weighted by atomic mass is 15.2. The Hall–Kier alpha value is -0.900. The predicted octanol–water partition coefficient (Wildman–Crippen LogP) is 2.26. The Morgan fingerprint density at radius 3 is 2.33 bits per heavy atom. The minimum atomic E-state index is 0.585. The van der Waals surface area contributed by atoms with Crippen molar-refractivity contribution < 1.29 is 0 Å². The van der Waals surface area contributed by atoms with Gasteiger partial charge in [-0.15, -0.1) is 0 Å². The molecule has 1 aromatic carbocycles. The summed E-state index contributed by atoms with van der Waals surface area (Å²) in [5, 5.41) is 3.64. The van der Waals surface area contributed by atoms with Gasteiger partial charge in [0.15, 0.2) is 0 Å². The van der Waals surface area contributed by atoms with E-state index < -0.39 is 0 Å². The summed E-state index contributed by atoms with van der Waals surface area (Å²) in [4.78, 5) is 5.02. The zero-order chi connectivity index (χ0) is 15.1. The summed E-state index contributed by atoms with van der Waals surface area (Å²) in [5.41, 5.74) is 1.43. The third kappa shape index (κ3) is 5.77. The lowest BCUT2D eigenvalue weighted by molar-refractivity contribution is 0.138. The van der Waals surface area contributed by atoms with Gasteiger partial charge in [-0.2, -0.15) is 0 Å². The number of piperazine rings is 1. The molecule has 0 radical (unpaired) electrons. The molecule has 1 saturated heterocycles. The molecule has 1 aromatic rings. The van der Waals surface area contributed by atoms with E-state index >= 15 is 0 Å². The Labute approximate surface area is 130 Å². The molecule has 0 spiro atoms. The van der Waals surface area contributed by atoms with Crippen LogP contribution in [0.4, 0.5) is 0 Å². The molecule has 21 heavy (non-hydrogen) atoms. The fraction of sp³-hybridized carbons (Fsp3) is 0.667. The Morgan fingerprint density at radius 2 is 1.67 bits per heavy atom. The van der Waals surface area contributed by atoms with Gasteiger partial charge in [-0.05, 0) is 31.0 Å². The molecule has 0 saturated carbocycles. The lowest BCUT2D eigenvalue weighted by Crippen LogP contribution is -2.46. The number of hydrogen-bond donors (Lipinski definition) is 1. The number of nitrogens with zero attached hydrogens (tertiary/aromatic N) is 2. The maximum Gasteiger partial charge on any atom is 0.0110 e. The molecule has 1 aliphatic rings. The van der Waals surface area contributed by atoms with Crippen molar-refractivity contribution in [3.63, 3.8) is 0 Å². The molecule has 2 atom stereocenters. The minimum Gasteiger partial charge on any atom is -0.316 e. The molecule has 0 unspecified atom stereocenters. The summed E-state index contributed by atoms with van der Waals surface area (Å²) in [5.74, 6) is 1.30. The molecule has 1 fully saturated rings. The van der Waals surface area contributed by atoms with E-state index in [4.69, 9.17) is 0 Å². The van der Waals surface area contributed by atoms with Crippen LogP contribution in [0.3, 0.4) is 0 Å². The Morgan fingerprint density at radius 1 is 1.00 bits per heavy atom. The van der Waals surface area contributed by atoms with Gasteiger partial charge in [-0.1, -0.05) is 44.2 Å². The van der Waals surface area contributed by atoms with E-state index in [1.54, 1.807) is 0 Å². The second kappa shape index (κ2) is 8.52. The molecule has 118 valence electrons. The smallest absolute Gasteiger partial charge is 0.0110 e. The molecule has 3 heteroatoms. The van der Waals surface area contributed by atoms with Gasteiger partial charge in [0.25, 0.3) is 0 Å². The molecule has 0 aromatic heterocycles. The maximum atomic E-state index is 3.64. The van der Waals surface area contributed by atoms with Crippen molar-refractivity contribution in [2.24, 2.45) is 5.92 Å². The van der Waals surface area contributed by atoms with Crippen molar-refractivity contribution in [1.29, 1.82) is 0 Å². The highest BCUT2D eigenvalue weighted by Crippen LogP contribution is 2.13. The van der Waals surface area contributed by atoms with Gasteiger partial charge in [-0.25, -0.2) is 0 Å². The summed E-state index contributed by atoms with van der Waals surface area (Å²) in [6.07, 6.45) is 0. The Bertz CT molecular complexity index is 385. The second-order valence-corrected chi connectivity index (χ2v) is 6.68. The molecule has 1 aliphatic heterocycles. The van der Waals surface area contributed by atoms with Crippen LogP contribution in [0.15, 0.2) is 30.3 Å². The number of nitrogens with one attached hydrogen (secondary N) is 1. The largest absolute Gasteiger partial charge is 0.316 e. The van der Waals surface area contributed by atoms with Crippen molar-refractivity contribution in [2.45, 2.75) is 19.8 Å². The predicted molar refractivity (Wildman–Crippen MR) is 90.8 cm³/mol. The van der Waals surface area contributed by atoms with Gasteiger partial charge in [-0.3, -0.25) is 0 Å². The maximum absolute atomic E-state index is 3.64. The third-order valence-electron chi connectivity index (χ3n) is 4.48. The van der Waals surface area contributed by atoms with Crippen molar-refractivity contribution in [3.8, 4) is 0 Å². The van der Waals surface area contributed by atoms with Gasteiger partial charge in [0.1, 0.15) is 0 Å². The summed E-state index contributed by atoms with van der Waals surface area (Å²) >= 11 is 0. The van der Waals surface area contributed by atoms with Crippen LogP contribution < -0.4 is 5.32 Å². The van der Waals surface area contributed by atoms with Crippen molar-refractivity contribution in [3.05, 3.63) is 35.9 Å². The number of benzene rings is 1. The summed E-state index contributed by atoms with van der Waals surface area (Å²) < 4.78 is 0. The summed E-state index contributed by atoms with van der Waals surface area (Å²) in [7, 11) is 2.22. The van der Waals surface area contributed by atoms with E-state index in [1.807, 2.05) is 0 Å². The molecular weight excluding hydrogens is 258 g/mol. The molecule has 1 heterocycles. The monoisotopic (exact) mass is 289 g/mol. The first-order valence-electron chi connectivity index (χ1n) is 8.31. The Kier molecular flexibility index (Phi) is 6.68. The second-order valence-electron chi connectivity index (χ2n) is 6.68. The normalized spacial score (nSPS) is 20.3. The fourth-order valence-corrected chi connectivity index (χ4v) is 2.98. The molecule has 0 bridgehead atoms. The van der Waals surface area contributed by atoms with Gasteiger partial charge >= 0.3 is 0 Å². The first-order chi connectivity index (χ1) is 10.1. The highest BCUT2D eigenvalue weighted by molar-refractivity contribution is 5.18. The van der Waals surface area contributed by atoms with Crippen LogP contribution in [0, 0.1) is 5.92 Å². The molecule has 3 nitrogen and oxygen atoms in total. The molecular formula is C18H31N3. The molecule has 2 rings (SSSR count). The van der Waals surface area contributed by atoms with Crippen LogP contribution in [0.5, 0.6) is 0 Å². The number of hydrogen-bond acceptors (Lipinski definition) is 3. The first kappa shape index (κ1) is 16.5. The van der Waals surface area contributed by atoms with Crippen molar-refractivity contribution >= 4 is 0 Å².